The van der Waals surface area contributed by atoms with Crippen molar-refractivity contribution in [3.8, 4) is 11.5 Å². The molecule has 1 atom stereocenters. The van der Waals surface area contributed by atoms with Gasteiger partial charge in [-0.15, -0.1) is 0 Å². The summed E-state index contributed by atoms with van der Waals surface area (Å²) in [5.74, 6) is 0.740. The van der Waals surface area contributed by atoms with Crippen LogP contribution in [0.5, 0.6) is 11.5 Å². The first-order valence-electron chi connectivity index (χ1n) is 9.51. The fourth-order valence-corrected chi connectivity index (χ4v) is 4.02. The Balaban J connectivity index is 2.25. The molecule has 2 aromatic rings. The average molecular weight is 436 g/mol. The van der Waals surface area contributed by atoms with E-state index in [0.717, 1.165) is 14.2 Å². The molecular weight excluding hydrogens is 406 g/mol. The van der Waals surface area contributed by atoms with Crippen molar-refractivity contribution in [2.45, 2.75) is 19.4 Å². The minimum Gasteiger partial charge on any atom is -0.493 e. The first-order valence-corrected chi connectivity index (χ1v) is 10.9. The van der Waals surface area contributed by atoms with E-state index in [1.165, 1.54) is 14.1 Å². The van der Waals surface area contributed by atoms with Crippen molar-refractivity contribution in [2.24, 2.45) is 0 Å². The molecule has 0 fully saturated rings. The zero-order chi connectivity index (χ0) is 22.3. The molecule has 0 aliphatic rings. The van der Waals surface area contributed by atoms with Crippen LogP contribution in [0, 0.1) is 0 Å². The van der Waals surface area contributed by atoms with Gasteiger partial charge in [0, 0.05) is 14.1 Å². The summed E-state index contributed by atoms with van der Waals surface area (Å²) in [6, 6.07) is 13.7. The summed E-state index contributed by atoms with van der Waals surface area (Å²) in [6.45, 7) is 1.60. The van der Waals surface area contributed by atoms with E-state index in [1.54, 1.807) is 56.7 Å². The predicted octanol–water partition coefficient (Wildman–Crippen LogP) is 2.58. The Morgan fingerprint density at radius 2 is 1.67 bits per heavy atom. The molecule has 0 radical (unpaired) electrons. The van der Waals surface area contributed by atoms with Crippen molar-refractivity contribution in [2.75, 3.05) is 39.2 Å². The lowest BCUT2D eigenvalue weighted by atomic mass is 10.0. The normalized spacial score (nSPS) is 12.3. The topological polar surface area (TPSA) is 88.2 Å². The van der Waals surface area contributed by atoms with Crippen LogP contribution in [-0.2, 0) is 15.0 Å². The number of hydrogen-bond donors (Lipinski definition) is 1. The molecule has 0 aliphatic carbocycles. The van der Waals surface area contributed by atoms with E-state index < -0.39 is 16.1 Å². The summed E-state index contributed by atoms with van der Waals surface area (Å²) in [7, 11) is 2.12. The maximum absolute atomic E-state index is 12.8. The highest BCUT2D eigenvalue weighted by Gasteiger charge is 2.28. The van der Waals surface area contributed by atoms with Gasteiger partial charge in [0.25, 0.3) is 0 Å². The van der Waals surface area contributed by atoms with Gasteiger partial charge < -0.3 is 14.8 Å². The number of rotatable bonds is 10. The fourth-order valence-electron chi connectivity index (χ4n) is 2.96. The van der Waals surface area contributed by atoms with Gasteiger partial charge in [0.15, 0.2) is 11.5 Å². The van der Waals surface area contributed by atoms with Gasteiger partial charge in [0.2, 0.25) is 5.91 Å². The summed E-state index contributed by atoms with van der Waals surface area (Å²) >= 11 is 0. The summed E-state index contributed by atoms with van der Waals surface area (Å²) in [6.07, 6.45) is 0.618. The second-order valence-electron chi connectivity index (χ2n) is 6.78. The Labute approximate surface area is 178 Å². The molecule has 9 heteroatoms. The first kappa shape index (κ1) is 23.5. The van der Waals surface area contributed by atoms with Gasteiger partial charge in [-0.2, -0.15) is 12.7 Å². The molecule has 2 rings (SSSR count). The third-order valence-corrected chi connectivity index (χ3v) is 6.44. The third kappa shape index (κ3) is 5.43. The van der Waals surface area contributed by atoms with E-state index >= 15 is 0 Å². The maximum Gasteiger partial charge on any atom is 0.304 e. The largest absolute Gasteiger partial charge is 0.493 e. The van der Waals surface area contributed by atoms with E-state index in [2.05, 4.69) is 5.32 Å². The van der Waals surface area contributed by atoms with Crippen LogP contribution in [-0.4, -0.2) is 53.5 Å². The summed E-state index contributed by atoms with van der Waals surface area (Å²) in [4.78, 5) is 12.8. The Bertz CT molecular complexity index is 948. The Morgan fingerprint density at radius 3 is 2.20 bits per heavy atom. The number of carbonyl (C=O) groups is 1. The number of carbonyl (C=O) groups excluding carboxylic acids is 1. The van der Waals surface area contributed by atoms with E-state index in [4.69, 9.17) is 9.47 Å². The van der Waals surface area contributed by atoms with Gasteiger partial charge in [-0.25, -0.2) is 4.31 Å². The summed E-state index contributed by atoms with van der Waals surface area (Å²) < 4.78 is 38.3. The van der Waals surface area contributed by atoms with Crippen LogP contribution in [0.1, 0.15) is 24.9 Å². The van der Waals surface area contributed by atoms with Gasteiger partial charge >= 0.3 is 10.2 Å². The van der Waals surface area contributed by atoms with Crippen molar-refractivity contribution in [1.82, 2.24) is 9.62 Å². The molecule has 30 heavy (non-hydrogen) atoms. The molecular formula is C21H29N3O5S. The molecule has 2 aromatic carbocycles. The van der Waals surface area contributed by atoms with Crippen LogP contribution >= 0.6 is 0 Å². The standard InChI is InChI=1S/C21H29N3O5S/c1-6-18(16-12-13-19(28-4)20(14-16)29-5)22-21(25)15-24(30(26,27)23(2)3)17-10-8-7-9-11-17/h7-14,18H,6,15H2,1-5H3,(H,22,25)/t18-/m1/s1. The van der Waals surface area contributed by atoms with E-state index in [-0.39, 0.29) is 12.6 Å². The summed E-state index contributed by atoms with van der Waals surface area (Å²) in [5.41, 5.74) is 1.26. The zero-order valence-corrected chi connectivity index (χ0v) is 18.8. The van der Waals surface area contributed by atoms with Crippen molar-refractivity contribution in [3.05, 3.63) is 54.1 Å². The highest BCUT2D eigenvalue weighted by Crippen LogP contribution is 2.31. The van der Waals surface area contributed by atoms with Crippen LogP contribution in [0.2, 0.25) is 0 Å². The van der Waals surface area contributed by atoms with E-state index in [1.807, 2.05) is 13.0 Å². The number of ether oxygens (including phenoxy) is 2. The molecule has 1 amide bonds. The first-order chi connectivity index (χ1) is 14.2. The molecule has 0 heterocycles. The molecule has 0 saturated carbocycles. The highest BCUT2D eigenvalue weighted by atomic mass is 32.2. The predicted molar refractivity (Wildman–Crippen MR) is 117 cm³/mol. The highest BCUT2D eigenvalue weighted by molar-refractivity contribution is 7.90. The fraction of sp³-hybridized carbons (Fsp3) is 0.381. The molecule has 0 aromatic heterocycles. The number of benzene rings is 2. The van der Waals surface area contributed by atoms with Crippen molar-refractivity contribution in [1.29, 1.82) is 0 Å². The second-order valence-corrected chi connectivity index (χ2v) is 8.84. The number of para-hydroxylation sites is 1. The number of amides is 1. The smallest absolute Gasteiger partial charge is 0.304 e. The van der Waals surface area contributed by atoms with Gasteiger partial charge in [0.1, 0.15) is 6.54 Å². The maximum atomic E-state index is 12.8. The number of nitrogens with zero attached hydrogens (tertiary/aromatic N) is 2. The van der Waals surface area contributed by atoms with Crippen molar-refractivity contribution < 1.29 is 22.7 Å². The van der Waals surface area contributed by atoms with Gasteiger partial charge in [0.05, 0.1) is 25.9 Å². The van der Waals surface area contributed by atoms with E-state index in [0.29, 0.717) is 23.6 Å². The molecule has 0 bridgehead atoms. The Hall–Kier alpha value is -2.78. The van der Waals surface area contributed by atoms with Crippen molar-refractivity contribution >= 4 is 21.8 Å². The minimum absolute atomic E-state index is 0.308. The number of anilines is 1. The van der Waals surface area contributed by atoms with Crippen LogP contribution < -0.4 is 19.1 Å². The zero-order valence-electron chi connectivity index (χ0n) is 18.0. The number of methoxy groups -OCH3 is 2. The molecule has 0 saturated heterocycles. The van der Waals surface area contributed by atoms with Crippen LogP contribution in [0.4, 0.5) is 5.69 Å². The Kier molecular flexibility index (Phi) is 8.08. The average Bonchev–Trinajstić information content (AvgIpc) is 2.75. The van der Waals surface area contributed by atoms with Crippen molar-refractivity contribution in [3.63, 3.8) is 0 Å². The van der Waals surface area contributed by atoms with Crippen LogP contribution in [0.3, 0.4) is 0 Å². The minimum atomic E-state index is -3.84. The molecule has 0 aliphatic heterocycles. The Morgan fingerprint density at radius 1 is 1.03 bits per heavy atom. The monoisotopic (exact) mass is 435 g/mol. The second kappa shape index (κ2) is 10.3. The lowest BCUT2D eigenvalue weighted by Gasteiger charge is -2.28. The lowest BCUT2D eigenvalue weighted by Crippen LogP contribution is -2.46. The third-order valence-electron chi connectivity index (χ3n) is 4.62. The van der Waals surface area contributed by atoms with E-state index in [9.17, 15) is 13.2 Å². The van der Waals surface area contributed by atoms with Gasteiger partial charge in [-0.05, 0) is 36.2 Å². The lowest BCUT2D eigenvalue weighted by molar-refractivity contribution is -0.120. The van der Waals surface area contributed by atoms with Crippen LogP contribution in [0.25, 0.3) is 0 Å². The number of nitrogens with one attached hydrogen (secondary N) is 1. The van der Waals surface area contributed by atoms with Crippen LogP contribution in [0.15, 0.2) is 48.5 Å². The van der Waals surface area contributed by atoms with Gasteiger partial charge in [-0.3, -0.25) is 4.79 Å². The SMILES string of the molecule is CC[C@@H](NC(=O)CN(c1ccccc1)S(=O)(=O)N(C)C)c1ccc(OC)c(OC)c1. The summed E-state index contributed by atoms with van der Waals surface area (Å²) in [5, 5.41) is 2.92. The quantitative estimate of drug-likeness (QED) is 0.620. The molecule has 8 nitrogen and oxygen atoms in total. The molecule has 1 N–H and O–H groups in total. The molecule has 0 unspecified atom stereocenters. The molecule has 164 valence electrons. The number of hydrogen-bond acceptors (Lipinski definition) is 5. The van der Waals surface area contributed by atoms with Gasteiger partial charge in [-0.1, -0.05) is 31.2 Å². The molecule has 0 spiro atoms.